The number of carbonyl (C=O) groups excluding carboxylic acids is 1. The van der Waals surface area contributed by atoms with Crippen molar-refractivity contribution >= 4 is 17.7 Å². The topological polar surface area (TPSA) is 82.5 Å². The second-order valence-corrected chi connectivity index (χ2v) is 3.83. The zero-order chi connectivity index (χ0) is 13.0. The number of carbonyl (C=O) groups is 2. The van der Waals surface area contributed by atoms with Crippen LogP contribution in [0.15, 0.2) is 18.3 Å². The Kier molecular flexibility index (Phi) is 4.03. The Morgan fingerprint density at radius 2 is 2.12 bits per heavy atom. The third-order valence-corrected chi connectivity index (χ3v) is 2.18. The highest BCUT2D eigenvalue weighted by Gasteiger charge is 2.15. The van der Waals surface area contributed by atoms with Gasteiger partial charge < -0.3 is 15.3 Å². The van der Waals surface area contributed by atoms with Crippen molar-refractivity contribution in [2.45, 2.75) is 13.0 Å². The van der Waals surface area contributed by atoms with Crippen molar-refractivity contribution in [2.75, 3.05) is 19.0 Å². The minimum absolute atomic E-state index is 0.386. The van der Waals surface area contributed by atoms with E-state index in [0.29, 0.717) is 11.4 Å². The molecule has 1 heterocycles. The summed E-state index contributed by atoms with van der Waals surface area (Å²) in [5, 5.41) is 11.1. The molecule has 0 aliphatic rings. The van der Waals surface area contributed by atoms with Gasteiger partial charge >= 0.3 is 5.97 Å². The van der Waals surface area contributed by atoms with Crippen molar-refractivity contribution < 1.29 is 14.7 Å². The van der Waals surface area contributed by atoms with Crippen LogP contribution in [-0.4, -0.2) is 42.1 Å². The van der Waals surface area contributed by atoms with Crippen LogP contribution in [0.2, 0.25) is 0 Å². The van der Waals surface area contributed by atoms with Gasteiger partial charge in [0.25, 0.3) is 5.91 Å². The lowest BCUT2D eigenvalue weighted by atomic mass is 10.2. The molecular formula is C11H15N3O3. The first-order valence-corrected chi connectivity index (χ1v) is 5.09. The molecule has 0 spiro atoms. The number of carboxylic acids is 1. The lowest BCUT2D eigenvalue weighted by Gasteiger charge is -2.13. The van der Waals surface area contributed by atoms with Crippen LogP contribution in [0, 0.1) is 0 Å². The van der Waals surface area contributed by atoms with E-state index in [0.717, 1.165) is 0 Å². The average molecular weight is 237 g/mol. The lowest BCUT2D eigenvalue weighted by Crippen LogP contribution is -2.38. The highest BCUT2D eigenvalue weighted by molar-refractivity contribution is 5.96. The molecule has 0 unspecified atom stereocenters. The summed E-state index contributed by atoms with van der Waals surface area (Å²) >= 11 is 0. The number of aromatic nitrogens is 1. The summed E-state index contributed by atoms with van der Waals surface area (Å²) in [6.45, 7) is 1.41. The Morgan fingerprint density at radius 1 is 1.47 bits per heavy atom. The zero-order valence-corrected chi connectivity index (χ0v) is 9.97. The summed E-state index contributed by atoms with van der Waals surface area (Å²) in [6.07, 6.45) is 1.51. The molecule has 0 saturated heterocycles. The van der Waals surface area contributed by atoms with Crippen LogP contribution in [0.5, 0.6) is 0 Å². The predicted molar refractivity (Wildman–Crippen MR) is 63.1 cm³/mol. The van der Waals surface area contributed by atoms with Gasteiger partial charge in [0.05, 0.1) is 0 Å². The van der Waals surface area contributed by atoms with Gasteiger partial charge in [-0.2, -0.15) is 0 Å². The molecule has 1 amide bonds. The van der Waals surface area contributed by atoms with Crippen molar-refractivity contribution in [1.82, 2.24) is 10.3 Å². The van der Waals surface area contributed by atoms with Crippen molar-refractivity contribution in [3.63, 3.8) is 0 Å². The number of aliphatic carboxylic acids is 1. The number of amides is 1. The molecule has 6 heteroatoms. The van der Waals surface area contributed by atoms with E-state index in [4.69, 9.17) is 5.11 Å². The lowest BCUT2D eigenvalue weighted by molar-refractivity contribution is -0.138. The molecule has 6 nitrogen and oxygen atoms in total. The van der Waals surface area contributed by atoms with Crippen LogP contribution in [0.3, 0.4) is 0 Å². The second kappa shape index (κ2) is 5.29. The van der Waals surface area contributed by atoms with Crippen LogP contribution >= 0.6 is 0 Å². The fraction of sp³-hybridized carbons (Fsp3) is 0.364. The maximum atomic E-state index is 11.7. The Balaban J connectivity index is 2.82. The first kappa shape index (κ1) is 13.0. The number of rotatable bonds is 4. The van der Waals surface area contributed by atoms with E-state index in [1.54, 1.807) is 11.0 Å². The minimum Gasteiger partial charge on any atom is -0.480 e. The maximum Gasteiger partial charge on any atom is 0.325 e. The Bertz CT molecular complexity index is 432. The molecule has 2 N–H and O–H groups in total. The third-order valence-electron chi connectivity index (χ3n) is 2.18. The molecule has 1 rings (SSSR count). The molecule has 0 bridgehead atoms. The molecule has 1 aromatic rings. The summed E-state index contributed by atoms with van der Waals surface area (Å²) in [4.78, 5) is 28.1. The average Bonchev–Trinajstić information content (AvgIpc) is 2.28. The van der Waals surface area contributed by atoms with E-state index in [-0.39, 0.29) is 0 Å². The molecular weight excluding hydrogens is 222 g/mol. The number of carboxylic acid groups (broad SMARTS) is 1. The maximum absolute atomic E-state index is 11.7. The molecule has 0 aliphatic heterocycles. The molecule has 0 fully saturated rings. The van der Waals surface area contributed by atoms with Gasteiger partial charge in [-0.25, -0.2) is 4.98 Å². The number of anilines is 1. The summed E-state index contributed by atoms with van der Waals surface area (Å²) in [7, 11) is 3.62. The van der Waals surface area contributed by atoms with Gasteiger partial charge in [0.15, 0.2) is 0 Å². The Hall–Kier alpha value is -2.11. The molecule has 0 aromatic carbocycles. The fourth-order valence-electron chi connectivity index (χ4n) is 1.15. The smallest absolute Gasteiger partial charge is 0.325 e. The van der Waals surface area contributed by atoms with E-state index in [2.05, 4.69) is 10.3 Å². The van der Waals surface area contributed by atoms with Crippen LogP contribution in [0.4, 0.5) is 5.82 Å². The van der Waals surface area contributed by atoms with Crippen LogP contribution in [0.25, 0.3) is 0 Å². The van der Waals surface area contributed by atoms with Crippen molar-refractivity contribution in [3.8, 4) is 0 Å². The molecule has 92 valence electrons. The predicted octanol–water partition coefficient (Wildman–Crippen LogP) is 0.350. The summed E-state index contributed by atoms with van der Waals surface area (Å²) in [5.41, 5.74) is 0.386. The fourth-order valence-corrected chi connectivity index (χ4v) is 1.15. The molecule has 0 aliphatic carbocycles. The minimum atomic E-state index is -1.07. The quantitative estimate of drug-likeness (QED) is 0.789. The van der Waals surface area contributed by atoms with Crippen molar-refractivity contribution in [2.24, 2.45) is 0 Å². The number of pyridine rings is 1. The van der Waals surface area contributed by atoms with Gasteiger partial charge in [-0.05, 0) is 19.1 Å². The van der Waals surface area contributed by atoms with E-state index >= 15 is 0 Å². The first-order valence-electron chi connectivity index (χ1n) is 5.09. The van der Waals surface area contributed by atoms with Gasteiger partial charge in [-0.1, -0.05) is 0 Å². The summed E-state index contributed by atoms with van der Waals surface area (Å²) in [5.74, 6) is -0.855. The van der Waals surface area contributed by atoms with E-state index in [1.165, 1.54) is 19.2 Å². The SMILES string of the molecule is C[C@@H](NC(=O)c1ccnc(N(C)C)c1)C(=O)O. The monoisotopic (exact) mass is 237 g/mol. The van der Waals surface area contributed by atoms with Gasteiger partial charge in [0.2, 0.25) is 0 Å². The number of nitrogens with zero attached hydrogens (tertiary/aromatic N) is 2. The number of nitrogens with one attached hydrogen (secondary N) is 1. The Morgan fingerprint density at radius 3 is 2.65 bits per heavy atom. The van der Waals surface area contributed by atoms with Crippen LogP contribution in [0.1, 0.15) is 17.3 Å². The molecule has 1 atom stereocenters. The zero-order valence-electron chi connectivity index (χ0n) is 9.97. The largest absolute Gasteiger partial charge is 0.480 e. The van der Waals surface area contributed by atoms with Crippen molar-refractivity contribution in [3.05, 3.63) is 23.9 Å². The van der Waals surface area contributed by atoms with Crippen LogP contribution < -0.4 is 10.2 Å². The summed E-state index contributed by atoms with van der Waals surface area (Å²) < 4.78 is 0. The van der Waals surface area contributed by atoms with E-state index in [9.17, 15) is 9.59 Å². The first-order chi connectivity index (χ1) is 7.91. The molecule has 17 heavy (non-hydrogen) atoms. The third kappa shape index (κ3) is 3.44. The molecule has 0 radical (unpaired) electrons. The van der Waals surface area contributed by atoms with Crippen LogP contribution in [-0.2, 0) is 4.79 Å². The second-order valence-electron chi connectivity index (χ2n) is 3.83. The highest BCUT2D eigenvalue weighted by atomic mass is 16.4. The Labute approximate surface area is 99.3 Å². The summed E-state index contributed by atoms with van der Waals surface area (Å²) in [6, 6.07) is 2.22. The highest BCUT2D eigenvalue weighted by Crippen LogP contribution is 2.09. The van der Waals surface area contributed by atoms with E-state index < -0.39 is 17.9 Å². The van der Waals surface area contributed by atoms with Gasteiger partial charge in [0.1, 0.15) is 11.9 Å². The van der Waals surface area contributed by atoms with Gasteiger partial charge in [-0.3, -0.25) is 9.59 Å². The molecule has 0 saturated carbocycles. The normalized spacial score (nSPS) is 11.7. The van der Waals surface area contributed by atoms with Gasteiger partial charge in [0, 0.05) is 25.9 Å². The standard InChI is InChI=1S/C11H15N3O3/c1-7(11(16)17)13-10(15)8-4-5-12-9(6-8)14(2)3/h4-7H,1-3H3,(H,13,15)(H,16,17)/t7-/m1/s1. The van der Waals surface area contributed by atoms with E-state index in [1.807, 2.05) is 14.1 Å². The molecule has 1 aromatic heterocycles. The number of hydrogen-bond acceptors (Lipinski definition) is 4. The van der Waals surface area contributed by atoms with Gasteiger partial charge in [-0.15, -0.1) is 0 Å². The van der Waals surface area contributed by atoms with Crippen molar-refractivity contribution in [1.29, 1.82) is 0 Å². The number of hydrogen-bond donors (Lipinski definition) is 2.